The third kappa shape index (κ3) is 3.57. The van der Waals surface area contributed by atoms with E-state index in [0.717, 1.165) is 21.1 Å². The first-order valence-corrected chi connectivity index (χ1v) is 10.6. The lowest BCUT2D eigenvalue weighted by atomic mass is 10.2. The molecule has 1 aliphatic heterocycles. The van der Waals surface area contributed by atoms with Crippen LogP contribution in [0, 0.1) is 5.82 Å². The van der Waals surface area contributed by atoms with E-state index in [1.54, 1.807) is 24.3 Å². The summed E-state index contributed by atoms with van der Waals surface area (Å²) in [7, 11) is -4.22. The predicted molar refractivity (Wildman–Crippen MR) is 103 cm³/mol. The topological polar surface area (TPSA) is 111 Å². The van der Waals surface area contributed by atoms with Crippen LogP contribution in [0.1, 0.15) is 12.8 Å². The summed E-state index contributed by atoms with van der Waals surface area (Å²) in [6.45, 7) is -0.453. The smallest absolute Gasteiger partial charge is 0.326 e. The minimum atomic E-state index is -4.22. The summed E-state index contributed by atoms with van der Waals surface area (Å²) >= 11 is 0. The highest BCUT2D eigenvalue weighted by atomic mass is 32.2. The molecule has 1 fully saturated rings. The van der Waals surface area contributed by atoms with Crippen LogP contribution in [-0.2, 0) is 26.3 Å². The van der Waals surface area contributed by atoms with E-state index in [9.17, 15) is 22.4 Å². The average molecular weight is 432 g/mol. The van der Waals surface area contributed by atoms with Crippen LogP contribution in [0.2, 0.25) is 0 Å². The highest BCUT2D eigenvalue weighted by molar-refractivity contribution is 7.89. The summed E-state index contributed by atoms with van der Waals surface area (Å²) in [6.07, 6.45) is 0.647. The molecule has 1 saturated heterocycles. The van der Waals surface area contributed by atoms with Crippen molar-refractivity contribution in [3.8, 4) is 0 Å². The molecule has 0 saturated carbocycles. The number of halogens is 1. The summed E-state index contributed by atoms with van der Waals surface area (Å²) in [5, 5.41) is 7.94. The Balaban J connectivity index is 1.53. The average Bonchev–Trinajstić information content (AvgIpc) is 3.24. The molecule has 1 aromatic heterocycles. The van der Waals surface area contributed by atoms with E-state index in [1.807, 2.05) is 0 Å². The minimum Gasteiger partial charge on any atom is -0.441 e. The Morgan fingerprint density at radius 3 is 2.70 bits per heavy atom. The Morgan fingerprint density at radius 1 is 1.17 bits per heavy atom. The van der Waals surface area contributed by atoms with E-state index in [2.05, 4.69) is 10.3 Å². The van der Waals surface area contributed by atoms with E-state index in [0.29, 0.717) is 17.3 Å². The van der Waals surface area contributed by atoms with Gasteiger partial charge in [0, 0.05) is 6.54 Å². The van der Waals surface area contributed by atoms with Crippen LogP contribution < -0.4 is 5.56 Å². The van der Waals surface area contributed by atoms with Gasteiger partial charge in [0.1, 0.15) is 22.3 Å². The first kappa shape index (κ1) is 20.1. The Kier molecular flexibility index (Phi) is 5.31. The summed E-state index contributed by atoms with van der Waals surface area (Å²) in [4.78, 5) is 24.5. The van der Waals surface area contributed by atoms with E-state index in [4.69, 9.17) is 4.74 Å². The van der Waals surface area contributed by atoms with Gasteiger partial charge in [-0.1, -0.05) is 29.5 Å². The zero-order valence-electron chi connectivity index (χ0n) is 15.6. The van der Waals surface area contributed by atoms with Crippen molar-refractivity contribution in [2.75, 3.05) is 6.54 Å². The van der Waals surface area contributed by atoms with Gasteiger partial charge < -0.3 is 4.74 Å². The molecule has 1 atom stereocenters. The second-order valence-electron chi connectivity index (χ2n) is 6.71. The fraction of sp³-hybridized carbons (Fsp3) is 0.263. The molecule has 11 heteroatoms. The zero-order valence-corrected chi connectivity index (χ0v) is 16.5. The van der Waals surface area contributed by atoms with Crippen LogP contribution in [0.4, 0.5) is 4.39 Å². The maximum absolute atomic E-state index is 14.0. The number of fused-ring (bicyclic) bond motifs is 1. The van der Waals surface area contributed by atoms with Gasteiger partial charge in [0.05, 0.1) is 5.39 Å². The van der Waals surface area contributed by atoms with E-state index in [1.165, 1.54) is 12.1 Å². The van der Waals surface area contributed by atoms with Crippen molar-refractivity contribution in [2.45, 2.75) is 30.5 Å². The second kappa shape index (κ2) is 7.92. The molecule has 9 nitrogen and oxygen atoms in total. The lowest BCUT2D eigenvalue weighted by Gasteiger charge is -2.23. The lowest BCUT2D eigenvalue weighted by Crippen LogP contribution is -2.42. The standard InChI is InChI=1S/C19H17FN4O5S/c20-14-7-2-4-10-17(14)30(27,28)24-11-5-9-16(24)19(26)29-12-23-18(25)13-6-1-3-8-15(13)21-22-23/h1-4,6-8,10,16H,5,9,11-12H2. The third-order valence-electron chi connectivity index (χ3n) is 4.86. The molecule has 2 heterocycles. The molecule has 156 valence electrons. The molecule has 1 unspecified atom stereocenters. The zero-order chi connectivity index (χ0) is 21.3. The van der Waals surface area contributed by atoms with Gasteiger partial charge in [-0.2, -0.15) is 8.99 Å². The Labute approximate surface area is 170 Å². The maximum Gasteiger partial charge on any atom is 0.326 e. The van der Waals surface area contributed by atoms with Crippen molar-refractivity contribution in [3.63, 3.8) is 0 Å². The number of hydrogen-bond donors (Lipinski definition) is 0. The number of carbonyl (C=O) groups is 1. The summed E-state index contributed by atoms with van der Waals surface area (Å²) in [6, 6.07) is 10.5. The highest BCUT2D eigenvalue weighted by Gasteiger charge is 2.41. The number of sulfonamides is 1. The number of aromatic nitrogens is 3. The molecule has 1 aliphatic rings. The monoisotopic (exact) mass is 432 g/mol. The number of rotatable bonds is 5. The molecule has 30 heavy (non-hydrogen) atoms. The number of esters is 1. The fourth-order valence-corrected chi connectivity index (χ4v) is 5.09. The van der Waals surface area contributed by atoms with Crippen LogP contribution in [0.5, 0.6) is 0 Å². The number of ether oxygens (including phenoxy) is 1. The van der Waals surface area contributed by atoms with Gasteiger partial charge in [-0.15, -0.1) is 5.10 Å². The van der Waals surface area contributed by atoms with Gasteiger partial charge in [-0.3, -0.25) is 9.59 Å². The van der Waals surface area contributed by atoms with E-state index < -0.39 is 45.0 Å². The number of carbonyl (C=O) groups excluding carboxylic acids is 1. The summed E-state index contributed by atoms with van der Waals surface area (Å²) in [5.74, 6) is -1.73. The molecule has 0 spiro atoms. The molecule has 0 amide bonds. The molecular formula is C19H17FN4O5S. The largest absolute Gasteiger partial charge is 0.441 e. The molecular weight excluding hydrogens is 415 g/mol. The fourth-order valence-electron chi connectivity index (χ4n) is 3.37. The van der Waals surface area contributed by atoms with Crippen LogP contribution in [0.25, 0.3) is 10.9 Å². The Bertz CT molecular complexity index is 1280. The van der Waals surface area contributed by atoms with Gasteiger partial charge in [0.2, 0.25) is 10.0 Å². The van der Waals surface area contributed by atoms with E-state index in [-0.39, 0.29) is 13.0 Å². The van der Waals surface area contributed by atoms with Crippen LogP contribution >= 0.6 is 0 Å². The minimum absolute atomic E-state index is 0.0617. The number of benzene rings is 2. The summed E-state index contributed by atoms with van der Waals surface area (Å²) in [5.41, 5.74) is -0.0846. The second-order valence-corrected chi connectivity index (χ2v) is 8.57. The lowest BCUT2D eigenvalue weighted by molar-refractivity contribution is -0.152. The molecule has 0 N–H and O–H groups in total. The Hall–Kier alpha value is -3.18. The predicted octanol–water partition coefficient (Wildman–Crippen LogP) is 1.28. The molecule has 0 aliphatic carbocycles. The van der Waals surface area contributed by atoms with Crippen LogP contribution in [0.3, 0.4) is 0 Å². The van der Waals surface area contributed by atoms with Crippen molar-refractivity contribution >= 4 is 26.9 Å². The van der Waals surface area contributed by atoms with Crippen LogP contribution in [0.15, 0.2) is 58.2 Å². The molecule has 0 radical (unpaired) electrons. The molecule has 3 aromatic rings. The first-order valence-electron chi connectivity index (χ1n) is 9.15. The number of hydrogen-bond acceptors (Lipinski definition) is 7. The molecule has 0 bridgehead atoms. The third-order valence-corrected chi connectivity index (χ3v) is 6.80. The van der Waals surface area contributed by atoms with E-state index >= 15 is 0 Å². The van der Waals surface area contributed by atoms with Gasteiger partial charge >= 0.3 is 5.97 Å². The van der Waals surface area contributed by atoms with Crippen molar-refractivity contribution in [3.05, 3.63) is 64.7 Å². The normalized spacial score (nSPS) is 17.3. The highest BCUT2D eigenvalue weighted by Crippen LogP contribution is 2.28. The van der Waals surface area contributed by atoms with Crippen molar-refractivity contribution < 1.29 is 22.3 Å². The number of nitrogens with zero attached hydrogens (tertiary/aromatic N) is 4. The van der Waals surface area contributed by atoms with Gasteiger partial charge in [-0.25, -0.2) is 12.8 Å². The van der Waals surface area contributed by atoms with Crippen molar-refractivity contribution in [1.29, 1.82) is 0 Å². The quantitative estimate of drug-likeness (QED) is 0.559. The Morgan fingerprint density at radius 2 is 1.90 bits per heavy atom. The van der Waals surface area contributed by atoms with Crippen molar-refractivity contribution in [1.82, 2.24) is 19.3 Å². The van der Waals surface area contributed by atoms with Gasteiger partial charge in [0.25, 0.3) is 5.56 Å². The van der Waals surface area contributed by atoms with Gasteiger partial charge in [-0.05, 0) is 37.1 Å². The van der Waals surface area contributed by atoms with Gasteiger partial charge in [0.15, 0.2) is 6.73 Å². The maximum atomic E-state index is 14.0. The summed E-state index contributed by atoms with van der Waals surface area (Å²) < 4.78 is 46.7. The molecule has 4 rings (SSSR count). The SMILES string of the molecule is O=C(OCn1nnc2ccccc2c1=O)C1CCCN1S(=O)(=O)c1ccccc1F. The first-order chi connectivity index (χ1) is 14.4. The van der Waals surface area contributed by atoms with Crippen LogP contribution in [-0.4, -0.2) is 46.3 Å². The molecule has 2 aromatic carbocycles. The van der Waals surface area contributed by atoms with Crippen molar-refractivity contribution in [2.24, 2.45) is 0 Å².